The van der Waals surface area contributed by atoms with Crippen molar-refractivity contribution < 1.29 is 14.3 Å². The van der Waals surface area contributed by atoms with E-state index in [1.165, 1.54) is 19.4 Å². The van der Waals surface area contributed by atoms with Crippen LogP contribution in [0.2, 0.25) is 0 Å². The number of carbonyl (C=O) groups excluding carboxylic acids is 1. The number of rotatable bonds is 4. The molecule has 2 atom stereocenters. The van der Waals surface area contributed by atoms with Crippen LogP contribution < -0.4 is 5.32 Å². The molecule has 3 aliphatic heterocycles. The second-order valence-corrected chi connectivity index (χ2v) is 7.19. The molecule has 3 heterocycles. The zero-order valence-electron chi connectivity index (χ0n) is 16.0. The number of morpholine rings is 1. The molecule has 0 aromatic rings. The minimum atomic E-state index is -0.0548. The Morgan fingerprint density at radius 3 is 2.73 bits per heavy atom. The Kier molecular flexibility index (Phi) is 8.89. The van der Waals surface area contributed by atoms with Crippen molar-refractivity contribution in [3.63, 3.8) is 0 Å². The number of likely N-dealkylation sites (tertiary alicyclic amines) is 1. The molecule has 3 aliphatic rings. The van der Waals surface area contributed by atoms with Crippen molar-refractivity contribution in [2.45, 2.75) is 44.8 Å². The van der Waals surface area contributed by atoms with Crippen LogP contribution in [0, 0.1) is 5.92 Å². The topological polar surface area (TPSA) is 66.4 Å². The summed E-state index contributed by atoms with van der Waals surface area (Å²) in [4.78, 5) is 21.1. The Morgan fingerprint density at radius 2 is 2.04 bits per heavy atom. The maximum absolute atomic E-state index is 11.9. The summed E-state index contributed by atoms with van der Waals surface area (Å²) in [5.41, 5.74) is 0. The van der Waals surface area contributed by atoms with E-state index in [2.05, 4.69) is 20.1 Å². The molecule has 2 unspecified atom stereocenters. The van der Waals surface area contributed by atoms with Crippen LogP contribution in [0.25, 0.3) is 0 Å². The number of esters is 1. The molecule has 3 fully saturated rings. The Bertz CT molecular complexity index is 483. The highest BCUT2D eigenvalue weighted by Crippen LogP contribution is 2.22. The van der Waals surface area contributed by atoms with Crippen LogP contribution >= 0.6 is 24.0 Å². The van der Waals surface area contributed by atoms with Gasteiger partial charge < -0.3 is 19.7 Å². The zero-order valence-corrected chi connectivity index (χ0v) is 18.3. The number of guanidine groups is 1. The average molecular weight is 480 g/mol. The largest absolute Gasteiger partial charge is 0.466 e. The SMILES string of the molecule is CCOC(=O)C1CCN(C(=NC)NCC2CN3CCCC3CO2)CC1.I. The lowest BCUT2D eigenvalue weighted by Crippen LogP contribution is -2.53. The number of carbonyl (C=O) groups is 1. The summed E-state index contributed by atoms with van der Waals surface area (Å²) in [5.74, 6) is 0.887. The summed E-state index contributed by atoms with van der Waals surface area (Å²) < 4.78 is 11.2. The molecule has 0 saturated carbocycles. The quantitative estimate of drug-likeness (QED) is 0.284. The first-order chi connectivity index (χ1) is 12.2. The molecule has 26 heavy (non-hydrogen) atoms. The molecule has 3 saturated heterocycles. The molecule has 8 heteroatoms. The van der Waals surface area contributed by atoms with Gasteiger partial charge in [-0.2, -0.15) is 0 Å². The van der Waals surface area contributed by atoms with Crippen LogP contribution in [0.15, 0.2) is 4.99 Å². The third-order valence-corrected chi connectivity index (χ3v) is 5.58. The number of hydrogen-bond acceptors (Lipinski definition) is 5. The lowest BCUT2D eigenvalue weighted by molar-refractivity contribution is -0.149. The summed E-state index contributed by atoms with van der Waals surface area (Å²) >= 11 is 0. The highest BCUT2D eigenvalue weighted by molar-refractivity contribution is 14.0. The molecule has 3 rings (SSSR count). The van der Waals surface area contributed by atoms with E-state index in [1.807, 2.05) is 14.0 Å². The summed E-state index contributed by atoms with van der Waals surface area (Å²) in [5, 5.41) is 3.47. The number of halogens is 1. The molecule has 0 bridgehead atoms. The number of fused-ring (bicyclic) bond motifs is 1. The van der Waals surface area contributed by atoms with Gasteiger partial charge in [0.25, 0.3) is 0 Å². The van der Waals surface area contributed by atoms with Crippen LogP contribution in [0.1, 0.15) is 32.6 Å². The van der Waals surface area contributed by atoms with Crippen LogP contribution in [0.4, 0.5) is 0 Å². The van der Waals surface area contributed by atoms with Crippen molar-refractivity contribution in [1.29, 1.82) is 0 Å². The van der Waals surface area contributed by atoms with Crippen LogP contribution in [0.5, 0.6) is 0 Å². The minimum Gasteiger partial charge on any atom is -0.466 e. The van der Waals surface area contributed by atoms with Gasteiger partial charge in [0.15, 0.2) is 5.96 Å². The van der Waals surface area contributed by atoms with Gasteiger partial charge in [-0.3, -0.25) is 14.7 Å². The van der Waals surface area contributed by atoms with Gasteiger partial charge in [-0.15, -0.1) is 24.0 Å². The number of piperidine rings is 1. The summed E-state index contributed by atoms with van der Waals surface area (Å²) in [6, 6.07) is 0.637. The zero-order chi connectivity index (χ0) is 17.6. The molecule has 0 aliphatic carbocycles. The van der Waals surface area contributed by atoms with Gasteiger partial charge in [-0.05, 0) is 39.2 Å². The van der Waals surface area contributed by atoms with Gasteiger partial charge in [0.2, 0.25) is 0 Å². The maximum atomic E-state index is 11.9. The summed E-state index contributed by atoms with van der Waals surface area (Å²) in [6.45, 7) is 7.85. The average Bonchev–Trinajstić information content (AvgIpc) is 3.11. The first kappa shape index (κ1) is 21.7. The molecule has 0 radical (unpaired) electrons. The van der Waals surface area contributed by atoms with Crippen molar-refractivity contribution in [2.24, 2.45) is 10.9 Å². The van der Waals surface area contributed by atoms with Crippen LogP contribution in [-0.2, 0) is 14.3 Å². The fourth-order valence-electron chi connectivity index (χ4n) is 4.13. The minimum absolute atomic E-state index is 0. The fourth-order valence-corrected chi connectivity index (χ4v) is 4.13. The van der Waals surface area contributed by atoms with Gasteiger partial charge in [-0.1, -0.05) is 0 Å². The van der Waals surface area contributed by atoms with E-state index in [0.29, 0.717) is 12.6 Å². The molecule has 0 aromatic carbocycles. The van der Waals surface area contributed by atoms with Crippen molar-refractivity contribution in [1.82, 2.24) is 15.1 Å². The highest BCUT2D eigenvalue weighted by atomic mass is 127. The second kappa shape index (κ2) is 10.7. The third-order valence-electron chi connectivity index (χ3n) is 5.58. The molecule has 0 aromatic heterocycles. The number of hydrogen-bond donors (Lipinski definition) is 1. The molecule has 1 N–H and O–H groups in total. The summed E-state index contributed by atoms with van der Waals surface area (Å²) in [7, 11) is 1.82. The highest BCUT2D eigenvalue weighted by Gasteiger charge is 2.32. The smallest absolute Gasteiger partial charge is 0.309 e. The molecule has 7 nitrogen and oxygen atoms in total. The van der Waals surface area contributed by atoms with Crippen molar-refractivity contribution in [2.75, 3.05) is 53.0 Å². The Balaban J connectivity index is 0.00000243. The normalized spacial score (nSPS) is 27.6. The first-order valence-electron chi connectivity index (χ1n) is 9.69. The van der Waals surface area contributed by atoms with E-state index in [4.69, 9.17) is 9.47 Å². The van der Waals surface area contributed by atoms with Crippen molar-refractivity contribution >= 4 is 35.9 Å². The fraction of sp³-hybridized carbons (Fsp3) is 0.889. The van der Waals surface area contributed by atoms with Crippen LogP contribution in [0.3, 0.4) is 0 Å². The van der Waals surface area contributed by atoms with Crippen molar-refractivity contribution in [3.05, 3.63) is 0 Å². The first-order valence-corrected chi connectivity index (χ1v) is 9.69. The van der Waals surface area contributed by atoms with Gasteiger partial charge in [-0.25, -0.2) is 0 Å². The lowest BCUT2D eigenvalue weighted by atomic mass is 9.97. The molecule has 0 spiro atoms. The Hall–Kier alpha value is -0.610. The monoisotopic (exact) mass is 480 g/mol. The molecule has 0 amide bonds. The van der Waals surface area contributed by atoms with Gasteiger partial charge in [0.1, 0.15) is 0 Å². The number of nitrogens with zero attached hydrogens (tertiary/aromatic N) is 3. The second-order valence-electron chi connectivity index (χ2n) is 7.19. The van der Waals surface area contributed by atoms with Crippen LogP contribution in [-0.4, -0.2) is 86.9 Å². The van der Waals surface area contributed by atoms with E-state index in [1.54, 1.807) is 0 Å². The van der Waals surface area contributed by atoms with E-state index >= 15 is 0 Å². The van der Waals surface area contributed by atoms with E-state index in [-0.39, 0.29) is 42.0 Å². The Labute approximate surface area is 173 Å². The molecular formula is C18H33IN4O3. The molecule has 150 valence electrons. The lowest BCUT2D eigenvalue weighted by Gasteiger charge is -2.37. The standard InChI is InChI=1S/C18H32N4O3.HI/c1-3-24-17(23)14-6-9-21(10-7-14)18(19-2)20-11-16-12-22-8-4-5-15(22)13-25-16;/h14-16H,3-13H2,1-2H3,(H,19,20);1H. The predicted octanol–water partition coefficient (Wildman–Crippen LogP) is 1.32. The van der Waals surface area contributed by atoms with E-state index < -0.39 is 0 Å². The van der Waals surface area contributed by atoms with E-state index in [9.17, 15) is 4.79 Å². The number of nitrogens with one attached hydrogen (secondary N) is 1. The maximum Gasteiger partial charge on any atom is 0.309 e. The third kappa shape index (κ3) is 5.45. The van der Waals surface area contributed by atoms with E-state index in [0.717, 1.165) is 51.6 Å². The Morgan fingerprint density at radius 1 is 1.27 bits per heavy atom. The molecular weight excluding hydrogens is 447 g/mol. The predicted molar refractivity (Wildman–Crippen MR) is 112 cm³/mol. The van der Waals surface area contributed by atoms with Crippen molar-refractivity contribution in [3.8, 4) is 0 Å². The van der Waals surface area contributed by atoms with Gasteiger partial charge in [0.05, 0.1) is 25.2 Å². The number of aliphatic imine (C=N–C) groups is 1. The van der Waals surface area contributed by atoms with Gasteiger partial charge in [0, 0.05) is 39.3 Å². The number of ether oxygens (including phenoxy) is 2. The summed E-state index contributed by atoms with van der Waals surface area (Å²) in [6.07, 6.45) is 4.45. The van der Waals surface area contributed by atoms with Gasteiger partial charge >= 0.3 is 5.97 Å².